The van der Waals surface area contributed by atoms with Crippen molar-refractivity contribution in [2.75, 3.05) is 0 Å². The van der Waals surface area contributed by atoms with Gasteiger partial charge in [-0.2, -0.15) is 0 Å². The van der Waals surface area contributed by atoms with Crippen LogP contribution in [0.3, 0.4) is 0 Å². The minimum atomic E-state index is -0.671. The summed E-state index contributed by atoms with van der Waals surface area (Å²) >= 11 is 4.74. The van der Waals surface area contributed by atoms with E-state index >= 15 is 0 Å². The quantitative estimate of drug-likeness (QED) is 0.465. The number of Topliss-reactive ketones (excluding diaryl/α,β-unsaturated/α-hetero) is 1. The van der Waals surface area contributed by atoms with Crippen LogP contribution >= 0.6 is 12.2 Å². The van der Waals surface area contributed by atoms with Crippen LogP contribution in [0, 0.1) is 0 Å². The van der Waals surface area contributed by atoms with Gasteiger partial charge < -0.3 is 0 Å². The molecular formula is C17H15NOS. The summed E-state index contributed by atoms with van der Waals surface area (Å²) in [6.45, 7) is 1.91. The molecule has 0 heterocycles. The van der Waals surface area contributed by atoms with Crippen LogP contribution < -0.4 is 0 Å². The molecule has 2 rings (SSSR count). The van der Waals surface area contributed by atoms with Gasteiger partial charge in [0.05, 0.1) is 5.16 Å². The second kappa shape index (κ2) is 6.38. The van der Waals surface area contributed by atoms with Gasteiger partial charge in [-0.05, 0) is 24.7 Å². The molecule has 0 radical (unpaired) electrons. The molecule has 1 atom stereocenters. The van der Waals surface area contributed by atoms with E-state index in [4.69, 9.17) is 12.2 Å². The minimum absolute atomic E-state index is 0.0472. The van der Waals surface area contributed by atoms with E-state index in [0.29, 0.717) is 5.56 Å². The van der Waals surface area contributed by atoms with Crippen LogP contribution in [0.2, 0.25) is 0 Å². The van der Waals surface area contributed by atoms with Crippen LogP contribution in [-0.4, -0.2) is 10.9 Å². The van der Waals surface area contributed by atoms with Crippen LogP contribution in [0.25, 0.3) is 0 Å². The molecule has 0 amide bonds. The number of ketones is 1. The van der Waals surface area contributed by atoms with Crippen molar-refractivity contribution in [2.45, 2.75) is 18.9 Å². The first-order valence-corrected chi connectivity index (χ1v) is 6.79. The van der Waals surface area contributed by atoms with Crippen LogP contribution in [0.4, 0.5) is 0 Å². The van der Waals surface area contributed by atoms with Gasteiger partial charge in [-0.3, -0.25) is 4.79 Å². The normalized spacial score (nSPS) is 13.1. The van der Waals surface area contributed by atoms with Gasteiger partial charge in [0.25, 0.3) is 0 Å². The lowest BCUT2D eigenvalue weighted by atomic mass is 9.86. The minimum Gasteiger partial charge on any atom is -0.294 e. The predicted molar refractivity (Wildman–Crippen MR) is 84.2 cm³/mol. The Morgan fingerprint density at radius 2 is 1.65 bits per heavy atom. The van der Waals surface area contributed by atoms with E-state index in [-0.39, 0.29) is 12.2 Å². The van der Waals surface area contributed by atoms with Crippen molar-refractivity contribution in [3.05, 3.63) is 71.8 Å². The number of thiocarbonyl (C=S) groups is 1. The zero-order valence-electron chi connectivity index (χ0n) is 11.2. The fourth-order valence-corrected chi connectivity index (χ4v) is 2.34. The number of aliphatic imine (C=N–C) groups is 1. The zero-order valence-corrected chi connectivity index (χ0v) is 12.1. The monoisotopic (exact) mass is 281 g/mol. The fourth-order valence-electron chi connectivity index (χ4n) is 2.14. The molecule has 3 heteroatoms. The van der Waals surface area contributed by atoms with E-state index < -0.39 is 5.54 Å². The Hall–Kier alpha value is -2.09. The Kier molecular flexibility index (Phi) is 4.57. The van der Waals surface area contributed by atoms with E-state index in [1.54, 1.807) is 0 Å². The molecule has 0 saturated heterocycles. The van der Waals surface area contributed by atoms with Gasteiger partial charge in [-0.1, -0.05) is 60.7 Å². The number of rotatable bonds is 5. The largest absolute Gasteiger partial charge is 0.294 e. The summed E-state index contributed by atoms with van der Waals surface area (Å²) in [7, 11) is 0. The predicted octanol–water partition coefficient (Wildman–Crippen LogP) is 4.28. The zero-order chi connectivity index (χ0) is 14.4. The molecule has 20 heavy (non-hydrogen) atoms. The highest BCUT2D eigenvalue weighted by Gasteiger charge is 2.29. The third kappa shape index (κ3) is 3.27. The highest BCUT2D eigenvalue weighted by molar-refractivity contribution is 7.78. The topological polar surface area (TPSA) is 29.4 Å². The molecule has 2 nitrogen and oxygen atoms in total. The van der Waals surface area contributed by atoms with Gasteiger partial charge in [-0.25, -0.2) is 4.99 Å². The highest BCUT2D eigenvalue weighted by atomic mass is 32.1. The first-order chi connectivity index (χ1) is 9.65. The van der Waals surface area contributed by atoms with Gasteiger partial charge in [0.2, 0.25) is 0 Å². The van der Waals surface area contributed by atoms with Crippen LogP contribution in [0.15, 0.2) is 65.7 Å². The second-order valence-corrected chi connectivity index (χ2v) is 4.99. The van der Waals surface area contributed by atoms with Gasteiger partial charge in [0.1, 0.15) is 5.54 Å². The van der Waals surface area contributed by atoms with Crippen LogP contribution in [-0.2, 0) is 5.54 Å². The molecule has 0 fully saturated rings. The molecule has 1 unspecified atom stereocenters. The molecule has 2 aromatic rings. The van der Waals surface area contributed by atoms with Crippen molar-refractivity contribution in [1.82, 2.24) is 0 Å². The molecule has 0 aromatic heterocycles. The number of carbonyl (C=O) groups excluding carboxylic acids is 1. The molecule has 2 aromatic carbocycles. The first kappa shape index (κ1) is 14.3. The lowest BCUT2D eigenvalue weighted by Gasteiger charge is -2.23. The number of benzene rings is 2. The molecule has 0 aliphatic heterocycles. The van der Waals surface area contributed by atoms with E-state index in [2.05, 4.69) is 10.2 Å². The maximum absolute atomic E-state index is 12.4. The van der Waals surface area contributed by atoms with Gasteiger partial charge >= 0.3 is 0 Å². The van der Waals surface area contributed by atoms with Crippen LogP contribution in [0.1, 0.15) is 29.3 Å². The number of hydrogen-bond donors (Lipinski definition) is 0. The average Bonchev–Trinajstić information content (AvgIpc) is 2.49. The molecular weight excluding hydrogens is 266 g/mol. The lowest BCUT2D eigenvalue weighted by molar-refractivity contribution is 0.0956. The summed E-state index contributed by atoms with van der Waals surface area (Å²) in [5.74, 6) is 0.0472. The maximum atomic E-state index is 12.4. The molecule has 0 bridgehead atoms. The summed E-state index contributed by atoms with van der Waals surface area (Å²) in [4.78, 5) is 16.6. The molecule has 0 aliphatic carbocycles. The second-order valence-electron chi connectivity index (χ2n) is 4.81. The van der Waals surface area contributed by atoms with Gasteiger partial charge in [0.15, 0.2) is 5.78 Å². The van der Waals surface area contributed by atoms with Gasteiger partial charge in [-0.15, -0.1) is 0 Å². The van der Waals surface area contributed by atoms with E-state index in [1.165, 1.54) is 0 Å². The summed E-state index contributed by atoms with van der Waals surface area (Å²) in [6, 6.07) is 18.9. The van der Waals surface area contributed by atoms with Crippen molar-refractivity contribution in [2.24, 2.45) is 4.99 Å². The third-order valence-electron chi connectivity index (χ3n) is 3.29. The summed E-state index contributed by atoms with van der Waals surface area (Å²) in [5, 5.41) is 2.42. The number of carbonyl (C=O) groups is 1. The van der Waals surface area contributed by atoms with Crippen molar-refractivity contribution in [3.8, 4) is 0 Å². The Bertz CT molecular complexity index is 633. The van der Waals surface area contributed by atoms with Crippen molar-refractivity contribution >= 4 is 23.2 Å². The molecule has 0 saturated carbocycles. The highest BCUT2D eigenvalue weighted by Crippen LogP contribution is 2.30. The third-order valence-corrected chi connectivity index (χ3v) is 3.38. The van der Waals surface area contributed by atoms with Crippen molar-refractivity contribution in [3.63, 3.8) is 0 Å². The summed E-state index contributed by atoms with van der Waals surface area (Å²) in [5.41, 5.74) is 0.978. The Balaban J connectivity index is 2.31. The first-order valence-electron chi connectivity index (χ1n) is 6.38. The Labute approximate surface area is 124 Å². The maximum Gasteiger partial charge on any atom is 0.165 e. The molecule has 100 valence electrons. The summed E-state index contributed by atoms with van der Waals surface area (Å²) in [6.07, 6.45) is 0.269. The molecule has 0 aliphatic rings. The Morgan fingerprint density at radius 1 is 1.10 bits per heavy atom. The number of isothiocyanates is 1. The SMILES string of the molecule is CC(CC(=O)c1ccccc1)(N=C=S)c1ccccc1. The van der Waals surface area contributed by atoms with Crippen LogP contribution in [0.5, 0.6) is 0 Å². The summed E-state index contributed by atoms with van der Waals surface area (Å²) < 4.78 is 0. The number of nitrogens with zero attached hydrogens (tertiary/aromatic N) is 1. The van der Waals surface area contributed by atoms with Crippen molar-refractivity contribution in [1.29, 1.82) is 0 Å². The van der Waals surface area contributed by atoms with Gasteiger partial charge in [0, 0.05) is 12.0 Å². The molecule has 0 N–H and O–H groups in total. The van der Waals surface area contributed by atoms with Crippen molar-refractivity contribution < 1.29 is 4.79 Å². The van der Waals surface area contributed by atoms with E-state index in [9.17, 15) is 4.79 Å². The number of hydrogen-bond acceptors (Lipinski definition) is 3. The molecule has 0 spiro atoms. The average molecular weight is 281 g/mol. The standard InChI is InChI=1S/C17H15NOS/c1-17(18-13-20,15-10-6-3-7-11-15)12-16(19)14-8-4-2-5-9-14/h2-11H,12H2,1H3. The fraction of sp³-hybridized carbons (Fsp3) is 0.176. The lowest BCUT2D eigenvalue weighted by Crippen LogP contribution is -2.23. The Morgan fingerprint density at radius 3 is 2.20 bits per heavy atom. The smallest absolute Gasteiger partial charge is 0.165 e. The van der Waals surface area contributed by atoms with E-state index in [0.717, 1.165) is 5.56 Å². The van der Waals surface area contributed by atoms with E-state index in [1.807, 2.05) is 67.6 Å².